The minimum absolute atomic E-state index is 0.0467. The fourth-order valence-corrected chi connectivity index (χ4v) is 3.77. The molecule has 1 aromatic carbocycles. The Hall–Kier alpha value is -1.02. The summed E-state index contributed by atoms with van der Waals surface area (Å²) in [6.07, 6.45) is 7.38. The minimum Gasteiger partial charge on any atom is -0.493 e. The largest absolute Gasteiger partial charge is 0.493 e. The average Bonchev–Trinajstić information content (AvgIpc) is 2.87. The highest BCUT2D eigenvalue weighted by Crippen LogP contribution is 2.46. The molecule has 0 saturated heterocycles. The fraction of sp³-hybridized carbons (Fsp3) is 0.667. The molecular formula is C18H26O2. The first kappa shape index (κ1) is 13.9. The van der Waals surface area contributed by atoms with Gasteiger partial charge in [-0.2, -0.15) is 0 Å². The highest BCUT2D eigenvalue weighted by atomic mass is 16.5. The maximum absolute atomic E-state index is 11.0. The van der Waals surface area contributed by atoms with E-state index < -0.39 is 5.60 Å². The van der Waals surface area contributed by atoms with Crippen molar-refractivity contribution < 1.29 is 9.84 Å². The van der Waals surface area contributed by atoms with Crippen LogP contribution in [0.15, 0.2) is 18.2 Å². The van der Waals surface area contributed by atoms with E-state index in [0.29, 0.717) is 0 Å². The number of hydrogen-bond acceptors (Lipinski definition) is 2. The Bertz CT molecular complexity index is 492. The smallest absolute Gasteiger partial charge is 0.122 e. The van der Waals surface area contributed by atoms with E-state index in [1.165, 1.54) is 17.5 Å². The molecule has 1 N–H and O–H groups in total. The van der Waals surface area contributed by atoms with Crippen LogP contribution in [-0.2, 0) is 12.8 Å². The van der Waals surface area contributed by atoms with Gasteiger partial charge in [0.15, 0.2) is 0 Å². The van der Waals surface area contributed by atoms with Gasteiger partial charge in [-0.05, 0) is 48.3 Å². The maximum atomic E-state index is 11.0. The Labute approximate surface area is 122 Å². The first-order valence-electron chi connectivity index (χ1n) is 7.97. The molecule has 3 rings (SSSR count). The molecule has 1 heterocycles. The lowest BCUT2D eigenvalue weighted by Gasteiger charge is -2.46. The van der Waals surface area contributed by atoms with Crippen LogP contribution in [0.5, 0.6) is 5.75 Å². The zero-order valence-corrected chi connectivity index (χ0v) is 12.7. The third-order valence-corrected chi connectivity index (χ3v) is 5.48. The molecule has 0 radical (unpaired) electrons. The summed E-state index contributed by atoms with van der Waals surface area (Å²) in [5, 5.41) is 11.0. The van der Waals surface area contributed by atoms with Gasteiger partial charge < -0.3 is 9.84 Å². The van der Waals surface area contributed by atoms with Crippen LogP contribution in [0.2, 0.25) is 0 Å². The van der Waals surface area contributed by atoms with Crippen LogP contribution in [0.25, 0.3) is 0 Å². The van der Waals surface area contributed by atoms with E-state index in [-0.39, 0.29) is 5.41 Å². The van der Waals surface area contributed by atoms with Crippen molar-refractivity contribution in [2.45, 2.75) is 64.4 Å². The minimum atomic E-state index is -0.499. The van der Waals surface area contributed by atoms with E-state index in [2.05, 4.69) is 32.0 Å². The van der Waals surface area contributed by atoms with Crippen molar-refractivity contribution in [2.24, 2.45) is 5.41 Å². The van der Waals surface area contributed by atoms with Gasteiger partial charge in [0.25, 0.3) is 0 Å². The Morgan fingerprint density at radius 2 is 2.00 bits per heavy atom. The van der Waals surface area contributed by atoms with Crippen molar-refractivity contribution in [3.05, 3.63) is 29.3 Å². The molecule has 20 heavy (non-hydrogen) atoms. The van der Waals surface area contributed by atoms with Crippen molar-refractivity contribution in [3.63, 3.8) is 0 Å². The Kier molecular flexibility index (Phi) is 3.53. The van der Waals surface area contributed by atoms with E-state index >= 15 is 0 Å². The molecule has 2 nitrogen and oxygen atoms in total. The molecule has 0 bridgehead atoms. The van der Waals surface area contributed by atoms with Gasteiger partial charge >= 0.3 is 0 Å². The van der Waals surface area contributed by atoms with E-state index in [1.807, 2.05) is 0 Å². The molecule has 0 amide bonds. The summed E-state index contributed by atoms with van der Waals surface area (Å²) in [6, 6.07) is 6.51. The van der Waals surface area contributed by atoms with Crippen molar-refractivity contribution in [3.8, 4) is 5.75 Å². The van der Waals surface area contributed by atoms with Crippen LogP contribution in [0, 0.1) is 5.41 Å². The molecule has 0 aromatic heterocycles. The van der Waals surface area contributed by atoms with Gasteiger partial charge in [-0.3, -0.25) is 0 Å². The molecule has 1 aliphatic heterocycles. The van der Waals surface area contributed by atoms with Gasteiger partial charge in [-0.25, -0.2) is 0 Å². The van der Waals surface area contributed by atoms with E-state index in [9.17, 15) is 5.11 Å². The standard InChI is InChI=1S/C18H26O2/c1-17(2)9-3-4-10-18(17,19)11-7-14-5-6-16-15(13-14)8-12-20-16/h5-6,13,19H,3-4,7-12H2,1-2H3. The second-order valence-corrected chi connectivity index (χ2v) is 7.16. The van der Waals surface area contributed by atoms with Gasteiger partial charge in [0.1, 0.15) is 5.75 Å². The topological polar surface area (TPSA) is 29.5 Å². The lowest BCUT2D eigenvalue weighted by atomic mass is 9.63. The van der Waals surface area contributed by atoms with Crippen LogP contribution in [0.1, 0.15) is 57.1 Å². The van der Waals surface area contributed by atoms with E-state index in [4.69, 9.17) is 4.74 Å². The van der Waals surface area contributed by atoms with Crippen LogP contribution < -0.4 is 4.74 Å². The number of benzene rings is 1. The zero-order chi connectivity index (χ0) is 14.2. The summed E-state index contributed by atoms with van der Waals surface area (Å²) in [4.78, 5) is 0. The van der Waals surface area contributed by atoms with Crippen molar-refractivity contribution in [2.75, 3.05) is 6.61 Å². The van der Waals surface area contributed by atoms with Crippen LogP contribution in [0.3, 0.4) is 0 Å². The first-order valence-corrected chi connectivity index (χ1v) is 7.97. The molecule has 1 aliphatic carbocycles. The fourth-order valence-electron chi connectivity index (χ4n) is 3.77. The van der Waals surface area contributed by atoms with Crippen LogP contribution >= 0.6 is 0 Å². The summed E-state index contributed by atoms with van der Waals surface area (Å²) in [6.45, 7) is 5.27. The molecule has 0 spiro atoms. The average molecular weight is 274 g/mol. The number of fused-ring (bicyclic) bond motifs is 1. The highest BCUT2D eigenvalue weighted by Gasteiger charge is 2.44. The van der Waals surface area contributed by atoms with Gasteiger partial charge in [0, 0.05) is 6.42 Å². The first-order chi connectivity index (χ1) is 9.50. The predicted octanol–water partition coefficient (Wildman–Crippen LogP) is 3.89. The lowest BCUT2D eigenvalue weighted by Crippen LogP contribution is -2.47. The second kappa shape index (κ2) is 5.07. The van der Waals surface area contributed by atoms with E-state index in [0.717, 1.165) is 50.9 Å². The summed E-state index contributed by atoms with van der Waals surface area (Å²) >= 11 is 0. The number of aryl methyl sites for hydroxylation is 1. The number of aliphatic hydroxyl groups is 1. The zero-order valence-electron chi connectivity index (χ0n) is 12.7. The lowest BCUT2D eigenvalue weighted by molar-refractivity contribution is -0.102. The third-order valence-electron chi connectivity index (χ3n) is 5.48. The highest BCUT2D eigenvalue weighted by molar-refractivity contribution is 5.39. The summed E-state index contributed by atoms with van der Waals surface area (Å²) in [5.41, 5.74) is 2.22. The van der Waals surface area contributed by atoms with Gasteiger partial charge in [-0.15, -0.1) is 0 Å². The summed E-state index contributed by atoms with van der Waals surface area (Å²) in [7, 11) is 0. The molecule has 1 atom stereocenters. The van der Waals surface area contributed by atoms with Crippen molar-refractivity contribution >= 4 is 0 Å². The quantitative estimate of drug-likeness (QED) is 0.906. The van der Waals surface area contributed by atoms with Crippen molar-refractivity contribution in [1.29, 1.82) is 0 Å². The number of hydrogen-bond donors (Lipinski definition) is 1. The van der Waals surface area contributed by atoms with Gasteiger partial charge in [0.2, 0.25) is 0 Å². The molecule has 2 aliphatic rings. The Morgan fingerprint density at radius 3 is 2.80 bits per heavy atom. The van der Waals surface area contributed by atoms with Gasteiger partial charge in [-0.1, -0.05) is 38.8 Å². The van der Waals surface area contributed by atoms with Gasteiger partial charge in [0.05, 0.1) is 12.2 Å². The van der Waals surface area contributed by atoms with E-state index in [1.54, 1.807) is 0 Å². The van der Waals surface area contributed by atoms with Crippen LogP contribution in [0.4, 0.5) is 0 Å². The molecule has 1 fully saturated rings. The molecular weight excluding hydrogens is 248 g/mol. The monoisotopic (exact) mass is 274 g/mol. The molecule has 1 aromatic rings. The summed E-state index contributed by atoms with van der Waals surface area (Å²) in [5.74, 6) is 1.05. The SMILES string of the molecule is CC1(C)CCCCC1(O)CCc1ccc2c(c1)CCO2. The second-order valence-electron chi connectivity index (χ2n) is 7.16. The Balaban J connectivity index is 1.69. The number of rotatable bonds is 3. The maximum Gasteiger partial charge on any atom is 0.122 e. The predicted molar refractivity (Wildman–Crippen MR) is 81.2 cm³/mol. The summed E-state index contributed by atoms with van der Waals surface area (Å²) < 4.78 is 5.55. The molecule has 1 saturated carbocycles. The third kappa shape index (κ3) is 2.46. The molecule has 2 heteroatoms. The Morgan fingerprint density at radius 1 is 1.20 bits per heavy atom. The number of ether oxygens (including phenoxy) is 1. The molecule has 110 valence electrons. The van der Waals surface area contributed by atoms with Crippen LogP contribution in [-0.4, -0.2) is 17.3 Å². The molecule has 1 unspecified atom stereocenters. The normalized spacial score (nSPS) is 27.9. The van der Waals surface area contributed by atoms with Crippen molar-refractivity contribution in [1.82, 2.24) is 0 Å².